The van der Waals surface area contributed by atoms with Crippen LogP contribution >= 0.6 is 11.6 Å². The van der Waals surface area contributed by atoms with Crippen LogP contribution in [0.15, 0.2) is 36.7 Å². The minimum atomic E-state index is 0.296. The Bertz CT molecular complexity index is 550. The lowest BCUT2D eigenvalue weighted by molar-refractivity contribution is 0.477. The van der Waals surface area contributed by atoms with E-state index in [0.717, 1.165) is 18.0 Å². The lowest BCUT2D eigenvalue weighted by Crippen LogP contribution is -2.30. The van der Waals surface area contributed by atoms with E-state index in [1.807, 2.05) is 29.1 Å². The average molecular weight is 292 g/mol. The van der Waals surface area contributed by atoms with Crippen LogP contribution in [0.4, 0.5) is 0 Å². The SMILES string of the molecule is CCn1cc(C(C)NC(C)Cc2cccc(Cl)c2)cn1. The fourth-order valence-electron chi connectivity index (χ4n) is 2.38. The van der Waals surface area contributed by atoms with Crippen molar-refractivity contribution in [2.45, 2.75) is 45.8 Å². The molecule has 108 valence electrons. The molecular formula is C16H22ClN3. The smallest absolute Gasteiger partial charge is 0.0537 e. The molecule has 0 amide bonds. The topological polar surface area (TPSA) is 29.9 Å². The molecule has 2 atom stereocenters. The Morgan fingerprint density at radius 3 is 2.80 bits per heavy atom. The first-order valence-corrected chi connectivity index (χ1v) is 7.49. The van der Waals surface area contributed by atoms with Gasteiger partial charge in [-0.3, -0.25) is 4.68 Å². The van der Waals surface area contributed by atoms with Gasteiger partial charge in [-0.2, -0.15) is 5.10 Å². The maximum Gasteiger partial charge on any atom is 0.0537 e. The molecule has 0 aliphatic heterocycles. The van der Waals surface area contributed by atoms with Crippen molar-refractivity contribution in [3.63, 3.8) is 0 Å². The number of hydrogen-bond donors (Lipinski definition) is 1. The largest absolute Gasteiger partial charge is 0.307 e. The molecule has 0 spiro atoms. The summed E-state index contributed by atoms with van der Waals surface area (Å²) in [6.45, 7) is 7.37. The summed E-state index contributed by atoms with van der Waals surface area (Å²) in [4.78, 5) is 0. The van der Waals surface area contributed by atoms with Crippen LogP contribution in [0.25, 0.3) is 0 Å². The van der Waals surface area contributed by atoms with Gasteiger partial charge in [-0.1, -0.05) is 23.7 Å². The molecule has 0 fully saturated rings. The molecule has 1 aromatic heterocycles. The summed E-state index contributed by atoms with van der Waals surface area (Å²) >= 11 is 6.02. The van der Waals surface area contributed by atoms with Crippen molar-refractivity contribution < 1.29 is 0 Å². The van der Waals surface area contributed by atoms with Gasteiger partial charge in [0.25, 0.3) is 0 Å². The van der Waals surface area contributed by atoms with Gasteiger partial charge in [0.2, 0.25) is 0 Å². The first-order chi connectivity index (χ1) is 9.58. The summed E-state index contributed by atoms with van der Waals surface area (Å²) in [5, 5.41) is 8.72. The first kappa shape index (κ1) is 15.1. The van der Waals surface area contributed by atoms with Gasteiger partial charge in [0, 0.05) is 35.4 Å². The molecule has 0 saturated heterocycles. The Labute approximate surface area is 126 Å². The predicted molar refractivity (Wildman–Crippen MR) is 84.1 cm³/mol. The molecule has 2 unspecified atom stereocenters. The summed E-state index contributed by atoms with van der Waals surface area (Å²) in [7, 11) is 0. The lowest BCUT2D eigenvalue weighted by atomic mass is 10.1. The van der Waals surface area contributed by atoms with Gasteiger partial charge in [-0.05, 0) is 44.9 Å². The van der Waals surface area contributed by atoms with Crippen molar-refractivity contribution in [1.29, 1.82) is 0 Å². The molecule has 0 saturated carbocycles. The van der Waals surface area contributed by atoms with Crippen LogP contribution in [0, 0.1) is 0 Å². The van der Waals surface area contributed by atoms with Crippen LogP contribution in [0.2, 0.25) is 5.02 Å². The Balaban J connectivity index is 1.92. The third-order valence-corrected chi connectivity index (χ3v) is 3.68. The molecule has 0 radical (unpaired) electrons. The molecule has 3 nitrogen and oxygen atoms in total. The van der Waals surface area contributed by atoms with Gasteiger partial charge >= 0.3 is 0 Å². The van der Waals surface area contributed by atoms with Crippen LogP contribution in [-0.4, -0.2) is 15.8 Å². The summed E-state index contributed by atoms with van der Waals surface area (Å²) in [5.74, 6) is 0. The molecule has 20 heavy (non-hydrogen) atoms. The fraction of sp³-hybridized carbons (Fsp3) is 0.438. The quantitative estimate of drug-likeness (QED) is 0.876. The van der Waals surface area contributed by atoms with Gasteiger partial charge in [0.05, 0.1) is 6.20 Å². The van der Waals surface area contributed by atoms with Crippen molar-refractivity contribution >= 4 is 11.6 Å². The maximum atomic E-state index is 6.02. The van der Waals surface area contributed by atoms with Gasteiger partial charge in [0.15, 0.2) is 0 Å². The van der Waals surface area contributed by atoms with E-state index >= 15 is 0 Å². The van der Waals surface area contributed by atoms with E-state index in [2.05, 4.69) is 43.4 Å². The number of halogens is 1. The Kier molecular flexibility index (Phi) is 5.21. The Hall–Kier alpha value is -1.32. The average Bonchev–Trinajstić information content (AvgIpc) is 2.87. The van der Waals surface area contributed by atoms with E-state index in [0.29, 0.717) is 12.1 Å². The number of aryl methyl sites for hydroxylation is 1. The highest BCUT2D eigenvalue weighted by Gasteiger charge is 2.11. The molecule has 0 aliphatic carbocycles. The zero-order chi connectivity index (χ0) is 14.5. The molecular weight excluding hydrogens is 270 g/mol. The second-order valence-corrected chi connectivity index (χ2v) is 5.69. The standard InChI is InChI=1S/C16H22ClN3/c1-4-20-11-15(10-18-20)13(3)19-12(2)8-14-6-5-7-16(17)9-14/h5-7,9-13,19H,4,8H2,1-3H3. The van der Waals surface area contributed by atoms with Gasteiger partial charge < -0.3 is 5.32 Å². The Morgan fingerprint density at radius 2 is 2.15 bits per heavy atom. The molecule has 2 rings (SSSR count). The molecule has 0 aliphatic rings. The summed E-state index contributed by atoms with van der Waals surface area (Å²) in [5.41, 5.74) is 2.48. The number of aromatic nitrogens is 2. The second-order valence-electron chi connectivity index (χ2n) is 5.25. The number of rotatable bonds is 6. The predicted octanol–water partition coefficient (Wildman–Crippen LogP) is 3.84. The molecule has 1 heterocycles. The summed E-state index contributed by atoms with van der Waals surface area (Å²) < 4.78 is 1.95. The van der Waals surface area contributed by atoms with Crippen molar-refractivity contribution in [2.24, 2.45) is 0 Å². The molecule has 0 bridgehead atoms. The molecule has 1 aromatic carbocycles. The van der Waals surface area contributed by atoms with E-state index in [1.165, 1.54) is 11.1 Å². The van der Waals surface area contributed by atoms with Gasteiger partial charge in [-0.25, -0.2) is 0 Å². The van der Waals surface area contributed by atoms with Crippen LogP contribution in [0.5, 0.6) is 0 Å². The zero-order valence-corrected chi connectivity index (χ0v) is 13.1. The highest BCUT2D eigenvalue weighted by molar-refractivity contribution is 6.30. The fourth-order valence-corrected chi connectivity index (χ4v) is 2.59. The zero-order valence-electron chi connectivity index (χ0n) is 12.3. The highest BCUT2D eigenvalue weighted by atomic mass is 35.5. The molecule has 4 heteroatoms. The maximum absolute atomic E-state index is 6.02. The number of hydrogen-bond acceptors (Lipinski definition) is 2. The van der Waals surface area contributed by atoms with Crippen molar-refractivity contribution in [3.8, 4) is 0 Å². The third-order valence-electron chi connectivity index (χ3n) is 3.44. The van der Waals surface area contributed by atoms with Gasteiger partial charge in [0.1, 0.15) is 0 Å². The number of nitrogens with zero attached hydrogens (tertiary/aromatic N) is 2. The van der Waals surface area contributed by atoms with Crippen LogP contribution < -0.4 is 5.32 Å². The Morgan fingerprint density at radius 1 is 1.35 bits per heavy atom. The van der Waals surface area contributed by atoms with E-state index in [4.69, 9.17) is 11.6 Å². The minimum Gasteiger partial charge on any atom is -0.307 e. The lowest BCUT2D eigenvalue weighted by Gasteiger charge is -2.19. The summed E-state index contributed by atoms with van der Waals surface area (Å²) in [6, 6.07) is 8.73. The van der Waals surface area contributed by atoms with Crippen molar-refractivity contribution in [1.82, 2.24) is 15.1 Å². The van der Waals surface area contributed by atoms with Crippen LogP contribution in [0.1, 0.15) is 37.9 Å². The molecule has 1 N–H and O–H groups in total. The van der Waals surface area contributed by atoms with Crippen molar-refractivity contribution in [3.05, 3.63) is 52.8 Å². The van der Waals surface area contributed by atoms with Gasteiger partial charge in [-0.15, -0.1) is 0 Å². The monoisotopic (exact) mass is 291 g/mol. The number of benzene rings is 1. The third kappa shape index (κ3) is 4.09. The van der Waals surface area contributed by atoms with E-state index in [-0.39, 0.29) is 0 Å². The second kappa shape index (κ2) is 6.91. The first-order valence-electron chi connectivity index (χ1n) is 7.11. The summed E-state index contributed by atoms with van der Waals surface area (Å²) in [6.07, 6.45) is 5.00. The van der Waals surface area contributed by atoms with Crippen molar-refractivity contribution in [2.75, 3.05) is 0 Å². The number of nitrogens with one attached hydrogen (secondary N) is 1. The highest BCUT2D eigenvalue weighted by Crippen LogP contribution is 2.15. The molecule has 2 aromatic rings. The van der Waals surface area contributed by atoms with E-state index in [9.17, 15) is 0 Å². The van der Waals surface area contributed by atoms with E-state index < -0.39 is 0 Å². The van der Waals surface area contributed by atoms with Crippen LogP contribution in [0.3, 0.4) is 0 Å². The van der Waals surface area contributed by atoms with Crippen LogP contribution in [-0.2, 0) is 13.0 Å². The van der Waals surface area contributed by atoms with E-state index in [1.54, 1.807) is 0 Å². The minimum absolute atomic E-state index is 0.296. The normalized spacial score (nSPS) is 14.2.